The number of nitrogens with zero attached hydrogens (tertiary/aromatic N) is 2. The summed E-state index contributed by atoms with van der Waals surface area (Å²) in [6, 6.07) is 13.7. The minimum atomic E-state index is -0.159. The van der Waals surface area contributed by atoms with Crippen molar-refractivity contribution in [1.29, 1.82) is 0 Å². The first-order chi connectivity index (χ1) is 11.3. The highest BCUT2D eigenvalue weighted by Crippen LogP contribution is 2.18. The summed E-state index contributed by atoms with van der Waals surface area (Å²) in [5.41, 5.74) is 2.15. The second-order valence-electron chi connectivity index (χ2n) is 5.74. The molecule has 0 radical (unpaired) electrons. The average Bonchev–Trinajstić information content (AvgIpc) is 3.14. The van der Waals surface area contributed by atoms with Crippen molar-refractivity contribution in [2.45, 2.75) is 25.9 Å². The number of aromatic nitrogens is 1. The van der Waals surface area contributed by atoms with E-state index in [4.69, 9.17) is 0 Å². The van der Waals surface area contributed by atoms with Gasteiger partial charge in [-0.2, -0.15) is 0 Å². The van der Waals surface area contributed by atoms with Crippen molar-refractivity contribution in [3.8, 4) is 0 Å². The summed E-state index contributed by atoms with van der Waals surface area (Å²) in [4.78, 5) is 18.6. The van der Waals surface area contributed by atoms with E-state index in [0.29, 0.717) is 13.1 Å². The molecule has 1 aliphatic heterocycles. The maximum absolute atomic E-state index is 11.9. The van der Waals surface area contributed by atoms with Gasteiger partial charge in [0, 0.05) is 32.4 Å². The molecule has 2 heterocycles. The van der Waals surface area contributed by atoms with Crippen LogP contribution in [0.25, 0.3) is 0 Å². The van der Waals surface area contributed by atoms with Gasteiger partial charge in [-0.1, -0.05) is 30.3 Å². The third-order valence-electron chi connectivity index (χ3n) is 3.99. The van der Waals surface area contributed by atoms with Gasteiger partial charge in [0.1, 0.15) is 5.82 Å². The van der Waals surface area contributed by atoms with Gasteiger partial charge in [0.05, 0.1) is 0 Å². The van der Waals surface area contributed by atoms with E-state index in [1.54, 1.807) is 0 Å². The van der Waals surface area contributed by atoms with E-state index in [1.807, 2.05) is 42.6 Å². The average molecular weight is 310 g/mol. The van der Waals surface area contributed by atoms with Crippen molar-refractivity contribution in [2.24, 2.45) is 0 Å². The molecule has 23 heavy (non-hydrogen) atoms. The summed E-state index contributed by atoms with van der Waals surface area (Å²) in [5.74, 6) is 1.01. The maximum atomic E-state index is 11.9. The summed E-state index contributed by atoms with van der Waals surface area (Å²) in [6.07, 6.45) is 4.27. The molecule has 2 aromatic rings. The molecule has 0 bridgehead atoms. The van der Waals surface area contributed by atoms with Gasteiger partial charge < -0.3 is 15.5 Å². The van der Waals surface area contributed by atoms with Crippen LogP contribution in [-0.2, 0) is 13.1 Å². The number of hydrogen-bond acceptors (Lipinski definition) is 3. The van der Waals surface area contributed by atoms with Crippen LogP contribution < -0.4 is 15.5 Å². The van der Waals surface area contributed by atoms with Crippen molar-refractivity contribution in [3.63, 3.8) is 0 Å². The summed E-state index contributed by atoms with van der Waals surface area (Å²) >= 11 is 0. The quantitative estimate of drug-likeness (QED) is 0.893. The number of rotatable bonds is 5. The number of pyridine rings is 1. The summed E-state index contributed by atoms with van der Waals surface area (Å²) in [5, 5.41) is 5.75. The van der Waals surface area contributed by atoms with E-state index >= 15 is 0 Å². The number of hydrogen-bond donors (Lipinski definition) is 2. The minimum absolute atomic E-state index is 0.159. The van der Waals surface area contributed by atoms with Gasteiger partial charge in [-0.05, 0) is 36.1 Å². The smallest absolute Gasteiger partial charge is 0.315 e. The Bertz CT molecular complexity index is 638. The topological polar surface area (TPSA) is 57.3 Å². The molecule has 3 rings (SSSR count). The van der Waals surface area contributed by atoms with E-state index in [2.05, 4.69) is 26.6 Å². The number of amides is 2. The van der Waals surface area contributed by atoms with Crippen molar-refractivity contribution < 1.29 is 4.79 Å². The lowest BCUT2D eigenvalue weighted by Crippen LogP contribution is -2.34. The normalized spacial score (nSPS) is 13.8. The molecule has 1 fully saturated rings. The Labute approximate surface area is 136 Å². The number of benzene rings is 1. The first-order valence-corrected chi connectivity index (χ1v) is 8.07. The Balaban J connectivity index is 1.48. The van der Waals surface area contributed by atoms with Crippen molar-refractivity contribution >= 4 is 11.8 Å². The van der Waals surface area contributed by atoms with E-state index in [-0.39, 0.29) is 6.03 Å². The van der Waals surface area contributed by atoms with Gasteiger partial charge in [-0.25, -0.2) is 9.78 Å². The Kier molecular flexibility index (Phi) is 5.09. The molecule has 0 spiro atoms. The lowest BCUT2D eigenvalue weighted by molar-refractivity contribution is 0.240. The van der Waals surface area contributed by atoms with Crippen LogP contribution in [0, 0.1) is 0 Å². The standard InChI is InChI=1S/C18H22N4O/c23-18(20-13-15-6-2-1-3-7-15)21-14-16-8-9-19-17(12-16)22-10-4-5-11-22/h1-3,6-9,12H,4-5,10-11,13-14H2,(H2,20,21,23). The van der Waals surface area contributed by atoms with Crippen LogP contribution in [0.4, 0.5) is 10.6 Å². The third-order valence-corrected chi connectivity index (χ3v) is 3.99. The van der Waals surface area contributed by atoms with Gasteiger partial charge in [0.2, 0.25) is 0 Å². The molecular formula is C18H22N4O. The zero-order valence-corrected chi connectivity index (χ0v) is 13.2. The molecule has 5 heteroatoms. The number of carbonyl (C=O) groups is 1. The number of nitrogens with one attached hydrogen (secondary N) is 2. The zero-order chi connectivity index (χ0) is 15.9. The number of carbonyl (C=O) groups excluding carboxylic acids is 1. The highest BCUT2D eigenvalue weighted by Gasteiger charge is 2.13. The fraction of sp³-hybridized carbons (Fsp3) is 0.333. The lowest BCUT2D eigenvalue weighted by atomic mass is 10.2. The van der Waals surface area contributed by atoms with Crippen LogP contribution in [0.3, 0.4) is 0 Å². The Morgan fingerprint density at radius 3 is 2.43 bits per heavy atom. The second-order valence-corrected chi connectivity index (χ2v) is 5.74. The van der Waals surface area contributed by atoms with Crippen molar-refractivity contribution in [1.82, 2.24) is 15.6 Å². The monoisotopic (exact) mass is 310 g/mol. The molecular weight excluding hydrogens is 288 g/mol. The van der Waals surface area contributed by atoms with Crippen molar-refractivity contribution in [2.75, 3.05) is 18.0 Å². The zero-order valence-electron chi connectivity index (χ0n) is 13.2. The fourth-order valence-corrected chi connectivity index (χ4v) is 2.71. The van der Waals surface area contributed by atoms with E-state index < -0.39 is 0 Å². The molecule has 0 saturated carbocycles. The maximum Gasteiger partial charge on any atom is 0.315 e. The number of urea groups is 1. The highest BCUT2D eigenvalue weighted by atomic mass is 16.2. The third kappa shape index (κ3) is 4.45. The molecule has 1 aromatic carbocycles. The van der Waals surface area contributed by atoms with Crippen LogP contribution in [0.15, 0.2) is 48.7 Å². The Morgan fingerprint density at radius 1 is 1.00 bits per heavy atom. The lowest BCUT2D eigenvalue weighted by Gasteiger charge is -2.17. The van der Waals surface area contributed by atoms with Crippen LogP contribution in [0.2, 0.25) is 0 Å². The van der Waals surface area contributed by atoms with Gasteiger partial charge in [0.15, 0.2) is 0 Å². The van der Waals surface area contributed by atoms with E-state index in [9.17, 15) is 4.79 Å². The minimum Gasteiger partial charge on any atom is -0.357 e. The highest BCUT2D eigenvalue weighted by molar-refractivity contribution is 5.73. The van der Waals surface area contributed by atoms with E-state index in [0.717, 1.165) is 30.0 Å². The fourth-order valence-electron chi connectivity index (χ4n) is 2.71. The Hall–Kier alpha value is -2.56. The summed E-state index contributed by atoms with van der Waals surface area (Å²) in [6.45, 7) is 3.18. The molecule has 1 saturated heterocycles. The van der Waals surface area contributed by atoms with Crippen LogP contribution in [0.5, 0.6) is 0 Å². The van der Waals surface area contributed by atoms with Gasteiger partial charge >= 0.3 is 6.03 Å². The molecule has 2 N–H and O–H groups in total. The van der Waals surface area contributed by atoms with Crippen LogP contribution in [-0.4, -0.2) is 24.1 Å². The van der Waals surface area contributed by atoms with Crippen molar-refractivity contribution in [3.05, 3.63) is 59.8 Å². The first-order valence-electron chi connectivity index (χ1n) is 8.07. The molecule has 0 unspecified atom stereocenters. The van der Waals surface area contributed by atoms with Gasteiger partial charge in [0.25, 0.3) is 0 Å². The second kappa shape index (κ2) is 7.63. The Morgan fingerprint density at radius 2 is 1.70 bits per heavy atom. The number of anilines is 1. The van der Waals surface area contributed by atoms with Gasteiger partial charge in [-0.15, -0.1) is 0 Å². The molecule has 1 aliphatic rings. The van der Waals surface area contributed by atoms with Crippen LogP contribution >= 0.6 is 0 Å². The SMILES string of the molecule is O=C(NCc1ccccc1)NCc1ccnc(N2CCCC2)c1. The largest absolute Gasteiger partial charge is 0.357 e. The first kappa shape index (κ1) is 15.3. The van der Waals surface area contributed by atoms with Gasteiger partial charge in [-0.3, -0.25) is 0 Å². The molecule has 1 aromatic heterocycles. The molecule has 5 nitrogen and oxygen atoms in total. The molecule has 0 atom stereocenters. The molecule has 120 valence electrons. The predicted octanol–water partition coefficient (Wildman–Crippen LogP) is 2.68. The summed E-state index contributed by atoms with van der Waals surface area (Å²) < 4.78 is 0. The predicted molar refractivity (Wildman–Crippen MR) is 91.2 cm³/mol. The molecule has 0 aliphatic carbocycles. The molecule has 2 amide bonds. The van der Waals surface area contributed by atoms with E-state index in [1.165, 1.54) is 12.8 Å². The summed E-state index contributed by atoms with van der Waals surface area (Å²) in [7, 11) is 0. The van der Waals surface area contributed by atoms with Crippen LogP contribution in [0.1, 0.15) is 24.0 Å².